The molecule has 1 unspecified atom stereocenters. The third-order valence-electron chi connectivity index (χ3n) is 3.92. The smallest absolute Gasteiger partial charge is 0.308 e. The van der Waals surface area contributed by atoms with E-state index in [0.29, 0.717) is 16.5 Å². The first-order chi connectivity index (χ1) is 12.0. The number of carbonyl (C=O) groups is 1. The normalized spacial score (nSPS) is 12.1. The lowest BCUT2D eigenvalue weighted by atomic mass is 10.1. The number of fused-ring (bicyclic) bond motifs is 1. The van der Waals surface area contributed by atoms with Crippen LogP contribution in [0.3, 0.4) is 0 Å². The number of esters is 1. The van der Waals surface area contributed by atoms with Gasteiger partial charge in [-0.15, -0.1) is 0 Å². The van der Waals surface area contributed by atoms with Crippen molar-refractivity contribution in [2.24, 2.45) is 0 Å². The standard InChI is InChI=1S/C19H17FN2O3/c1-13(14-5-4-6-15(20)11-14)25-19(24)9-10-22-17-8-3-2-7-16(17)18(23)12-21-22/h2-8,11-13H,9-10H2,1H3. The summed E-state index contributed by atoms with van der Waals surface area (Å²) in [5.74, 6) is -0.786. The molecule has 0 aliphatic carbocycles. The molecule has 0 aliphatic rings. The van der Waals surface area contributed by atoms with Crippen molar-refractivity contribution in [3.8, 4) is 0 Å². The summed E-state index contributed by atoms with van der Waals surface area (Å²) >= 11 is 0. The van der Waals surface area contributed by atoms with Crippen molar-refractivity contribution in [3.05, 3.63) is 76.3 Å². The maximum absolute atomic E-state index is 13.2. The Morgan fingerprint density at radius 1 is 1.24 bits per heavy atom. The summed E-state index contributed by atoms with van der Waals surface area (Å²) in [4.78, 5) is 23.9. The largest absolute Gasteiger partial charge is 0.458 e. The maximum atomic E-state index is 13.2. The van der Waals surface area contributed by atoms with E-state index < -0.39 is 12.1 Å². The Bertz CT molecular complexity index is 968. The van der Waals surface area contributed by atoms with Gasteiger partial charge in [-0.2, -0.15) is 5.10 Å². The van der Waals surface area contributed by atoms with E-state index in [2.05, 4.69) is 5.10 Å². The minimum atomic E-state index is -0.540. The Balaban J connectivity index is 1.67. The van der Waals surface area contributed by atoms with Gasteiger partial charge in [0.2, 0.25) is 5.43 Å². The molecule has 128 valence electrons. The molecule has 0 amide bonds. The van der Waals surface area contributed by atoms with Crippen LogP contribution >= 0.6 is 0 Å². The lowest BCUT2D eigenvalue weighted by Gasteiger charge is -2.14. The van der Waals surface area contributed by atoms with E-state index in [4.69, 9.17) is 4.74 Å². The highest BCUT2D eigenvalue weighted by Crippen LogP contribution is 2.18. The molecule has 0 saturated heterocycles. The van der Waals surface area contributed by atoms with E-state index in [1.165, 1.54) is 18.3 Å². The van der Waals surface area contributed by atoms with E-state index in [9.17, 15) is 14.0 Å². The minimum absolute atomic E-state index is 0.0967. The van der Waals surface area contributed by atoms with Crippen molar-refractivity contribution >= 4 is 16.9 Å². The number of halogens is 1. The van der Waals surface area contributed by atoms with Crippen molar-refractivity contribution in [2.45, 2.75) is 26.0 Å². The summed E-state index contributed by atoms with van der Waals surface area (Å²) in [6.45, 7) is 1.98. The second-order valence-electron chi connectivity index (χ2n) is 5.69. The van der Waals surface area contributed by atoms with Gasteiger partial charge in [-0.05, 0) is 36.8 Å². The van der Waals surface area contributed by atoms with E-state index in [-0.39, 0.29) is 24.2 Å². The number of aryl methyl sites for hydroxylation is 1. The van der Waals surface area contributed by atoms with Gasteiger partial charge in [0.1, 0.15) is 11.9 Å². The third-order valence-corrected chi connectivity index (χ3v) is 3.92. The van der Waals surface area contributed by atoms with Gasteiger partial charge in [-0.3, -0.25) is 14.3 Å². The van der Waals surface area contributed by atoms with Crippen LogP contribution in [-0.2, 0) is 16.1 Å². The molecule has 0 aliphatic heterocycles. The molecular formula is C19H17FN2O3. The molecule has 3 aromatic rings. The first kappa shape index (κ1) is 16.8. The summed E-state index contributed by atoms with van der Waals surface area (Å²) in [5.41, 5.74) is 1.11. The van der Waals surface area contributed by atoms with E-state index in [0.717, 1.165) is 0 Å². The minimum Gasteiger partial charge on any atom is -0.458 e. The van der Waals surface area contributed by atoms with Gasteiger partial charge >= 0.3 is 5.97 Å². The number of benzene rings is 2. The van der Waals surface area contributed by atoms with Gasteiger partial charge in [0.25, 0.3) is 0 Å². The zero-order valence-corrected chi connectivity index (χ0v) is 13.7. The number of ether oxygens (including phenoxy) is 1. The number of hydrogen-bond donors (Lipinski definition) is 0. The Labute approximate surface area is 143 Å². The second-order valence-corrected chi connectivity index (χ2v) is 5.69. The lowest BCUT2D eigenvalue weighted by Crippen LogP contribution is -2.16. The summed E-state index contributed by atoms with van der Waals surface area (Å²) in [6, 6.07) is 13.1. The highest BCUT2D eigenvalue weighted by molar-refractivity contribution is 5.78. The second kappa shape index (κ2) is 7.25. The zero-order chi connectivity index (χ0) is 17.8. The highest BCUT2D eigenvalue weighted by Gasteiger charge is 2.13. The molecule has 1 heterocycles. The average Bonchev–Trinajstić information content (AvgIpc) is 2.61. The number of nitrogens with zero attached hydrogens (tertiary/aromatic N) is 2. The number of para-hydroxylation sites is 1. The van der Waals surface area contributed by atoms with Gasteiger partial charge in [0, 0.05) is 5.39 Å². The molecule has 6 heteroatoms. The van der Waals surface area contributed by atoms with Gasteiger partial charge in [0.15, 0.2) is 0 Å². The topological polar surface area (TPSA) is 61.2 Å². The van der Waals surface area contributed by atoms with Crippen LogP contribution in [0.15, 0.2) is 59.5 Å². The van der Waals surface area contributed by atoms with Crippen LogP contribution in [0.5, 0.6) is 0 Å². The number of rotatable bonds is 5. The summed E-state index contributed by atoms with van der Waals surface area (Å²) in [7, 11) is 0. The van der Waals surface area contributed by atoms with Crippen LogP contribution in [0.1, 0.15) is 25.0 Å². The van der Waals surface area contributed by atoms with Gasteiger partial charge in [-0.25, -0.2) is 4.39 Å². The van der Waals surface area contributed by atoms with E-state index in [1.807, 2.05) is 6.07 Å². The highest BCUT2D eigenvalue weighted by atomic mass is 19.1. The van der Waals surface area contributed by atoms with Crippen molar-refractivity contribution in [1.29, 1.82) is 0 Å². The molecule has 5 nitrogen and oxygen atoms in total. The number of carbonyl (C=O) groups excluding carboxylic acids is 1. The zero-order valence-electron chi connectivity index (χ0n) is 13.7. The Kier molecular flexibility index (Phi) is 4.88. The fraction of sp³-hybridized carbons (Fsp3) is 0.211. The average molecular weight is 340 g/mol. The van der Waals surface area contributed by atoms with Crippen molar-refractivity contribution in [1.82, 2.24) is 9.78 Å². The molecule has 25 heavy (non-hydrogen) atoms. The Morgan fingerprint density at radius 2 is 2.04 bits per heavy atom. The first-order valence-electron chi connectivity index (χ1n) is 7.94. The lowest BCUT2D eigenvalue weighted by molar-refractivity contribution is -0.148. The molecule has 3 rings (SSSR count). The summed E-state index contributed by atoms with van der Waals surface area (Å²) < 4.78 is 20.2. The van der Waals surface area contributed by atoms with Gasteiger partial charge < -0.3 is 4.74 Å². The summed E-state index contributed by atoms with van der Waals surface area (Å²) in [6.07, 6.45) is 0.796. The Morgan fingerprint density at radius 3 is 2.84 bits per heavy atom. The fourth-order valence-corrected chi connectivity index (χ4v) is 2.62. The monoisotopic (exact) mass is 340 g/mol. The number of aromatic nitrogens is 2. The molecule has 0 radical (unpaired) electrons. The van der Waals surface area contributed by atoms with E-state index >= 15 is 0 Å². The SMILES string of the molecule is CC(OC(=O)CCn1ncc(=O)c2ccccc21)c1cccc(F)c1. The van der Waals surface area contributed by atoms with Crippen LogP contribution < -0.4 is 5.43 Å². The molecule has 2 aromatic carbocycles. The first-order valence-corrected chi connectivity index (χ1v) is 7.94. The van der Waals surface area contributed by atoms with Gasteiger partial charge in [0.05, 0.1) is 24.7 Å². The van der Waals surface area contributed by atoms with Crippen LogP contribution in [0.25, 0.3) is 10.9 Å². The van der Waals surface area contributed by atoms with Crippen molar-refractivity contribution < 1.29 is 13.9 Å². The third kappa shape index (κ3) is 3.91. The number of hydrogen-bond acceptors (Lipinski definition) is 4. The predicted molar refractivity (Wildman–Crippen MR) is 91.5 cm³/mol. The predicted octanol–water partition coefficient (Wildman–Crippen LogP) is 3.23. The molecule has 1 atom stereocenters. The van der Waals surface area contributed by atoms with Crippen molar-refractivity contribution in [2.75, 3.05) is 0 Å². The van der Waals surface area contributed by atoms with Crippen LogP contribution in [0, 0.1) is 5.82 Å². The molecule has 0 bridgehead atoms. The van der Waals surface area contributed by atoms with Crippen LogP contribution in [0.2, 0.25) is 0 Å². The molecule has 0 N–H and O–H groups in total. The quantitative estimate of drug-likeness (QED) is 0.669. The maximum Gasteiger partial charge on any atom is 0.308 e. The summed E-state index contributed by atoms with van der Waals surface area (Å²) in [5, 5.41) is 4.63. The van der Waals surface area contributed by atoms with Crippen LogP contribution in [-0.4, -0.2) is 15.7 Å². The molecule has 1 aromatic heterocycles. The van der Waals surface area contributed by atoms with Crippen molar-refractivity contribution in [3.63, 3.8) is 0 Å². The molecular weight excluding hydrogens is 323 g/mol. The molecule has 0 fully saturated rings. The van der Waals surface area contributed by atoms with Crippen LogP contribution in [0.4, 0.5) is 4.39 Å². The van der Waals surface area contributed by atoms with Gasteiger partial charge in [-0.1, -0.05) is 24.3 Å². The van der Waals surface area contributed by atoms with E-state index in [1.54, 1.807) is 41.9 Å². The fourth-order valence-electron chi connectivity index (χ4n) is 2.62. The Hall–Kier alpha value is -3.02. The molecule has 0 saturated carbocycles. The molecule has 0 spiro atoms.